The minimum absolute atomic E-state index is 0.0646. The monoisotopic (exact) mass is 288 g/mol. The Morgan fingerprint density at radius 2 is 2.15 bits per heavy atom. The van der Waals surface area contributed by atoms with Gasteiger partial charge in [0.1, 0.15) is 5.15 Å². The van der Waals surface area contributed by atoms with Gasteiger partial charge in [-0.3, -0.25) is 4.79 Å². The van der Waals surface area contributed by atoms with E-state index < -0.39 is 0 Å². The molecule has 3 nitrogen and oxygen atoms in total. The van der Waals surface area contributed by atoms with Crippen molar-refractivity contribution in [3.8, 4) is 0 Å². The number of pyridine rings is 1. The first-order valence-electron chi connectivity index (χ1n) is 6.97. The molecule has 0 aliphatic heterocycles. The van der Waals surface area contributed by atoms with E-state index in [0.717, 1.165) is 23.9 Å². The summed E-state index contributed by atoms with van der Waals surface area (Å²) in [4.78, 5) is 16.6. The minimum Gasteiger partial charge on any atom is -0.351 e. The van der Waals surface area contributed by atoms with Crippen LogP contribution in [0, 0.1) is 5.41 Å². The molecule has 1 saturated carbocycles. The van der Waals surface area contributed by atoms with Gasteiger partial charge in [-0.15, -0.1) is 0 Å². The predicted molar refractivity (Wildman–Crippen MR) is 81.0 cm³/mol. The van der Waals surface area contributed by atoms with Gasteiger partial charge in [0.05, 0.1) is 11.1 Å². The average Bonchev–Trinajstić information content (AvgIpc) is 3.24. The lowest BCUT2D eigenvalue weighted by molar-refractivity contribution is 0.0946. The number of nitrogens with one attached hydrogen (secondary N) is 1. The maximum absolute atomic E-state index is 12.4. The lowest BCUT2D eigenvalue weighted by atomic mass is 10.0. The fraction of sp³-hybridized carbons (Fsp3) is 0.375. The van der Waals surface area contributed by atoms with Gasteiger partial charge in [0, 0.05) is 11.9 Å². The van der Waals surface area contributed by atoms with Crippen LogP contribution in [0.5, 0.6) is 0 Å². The fourth-order valence-corrected chi connectivity index (χ4v) is 2.73. The van der Waals surface area contributed by atoms with Crippen LogP contribution < -0.4 is 5.32 Å². The molecule has 1 heterocycles. The highest BCUT2D eigenvalue weighted by Gasteiger charge is 2.40. The second-order valence-corrected chi connectivity index (χ2v) is 5.93. The number of para-hydroxylation sites is 1. The van der Waals surface area contributed by atoms with Crippen molar-refractivity contribution in [3.05, 3.63) is 41.0 Å². The fourth-order valence-electron chi connectivity index (χ4n) is 2.53. The van der Waals surface area contributed by atoms with Crippen LogP contribution in [0.2, 0.25) is 5.15 Å². The Morgan fingerprint density at radius 3 is 2.85 bits per heavy atom. The quantitative estimate of drug-likeness (QED) is 0.869. The zero-order valence-corrected chi connectivity index (χ0v) is 12.2. The van der Waals surface area contributed by atoms with E-state index in [2.05, 4.69) is 17.2 Å². The summed E-state index contributed by atoms with van der Waals surface area (Å²) in [6, 6.07) is 9.21. The summed E-state index contributed by atoms with van der Waals surface area (Å²) in [6.45, 7) is 2.93. The lowest BCUT2D eigenvalue weighted by Crippen LogP contribution is -2.30. The Bertz CT molecular complexity index is 665. The van der Waals surface area contributed by atoms with Crippen molar-refractivity contribution < 1.29 is 4.79 Å². The molecule has 104 valence electrons. The van der Waals surface area contributed by atoms with Gasteiger partial charge in [0.15, 0.2) is 0 Å². The molecule has 0 radical (unpaired) electrons. The smallest absolute Gasteiger partial charge is 0.252 e. The summed E-state index contributed by atoms with van der Waals surface area (Å²) in [5.41, 5.74) is 1.69. The van der Waals surface area contributed by atoms with E-state index in [9.17, 15) is 4.79 Å². The molecule has 0 atom stereocenters. The molecule has 0 bridgehead atoms. The van der Waals surface area contributed by atoms with E-state index >= 15 is 0 Å². The molecule has 0 spiro atoms. The zero-order valence-electron chi connectivity index (χ0n) is 11.4. The molecule has 1 amide bonds. The summed E-state index contributed by atoms with van der Waals surface area (Å²) < 4.78 is 0. The van der Waals surface area contributed by atoms with Crippen LogP contribution in [-0.4, -0.2) is 17.4 Å². The van der Waals surface area contributed by atoms with Gasteiger partial charge in [-0.1, -0.05) is 36.7 Å². The standard InChI is InChI=1S/C16H17ClN2O/c1-2-16(7-8-16)10-18-15(20)12-9-14(17)19-13-6-4-3-5-11(12)13/h3-6,9H,2,7-8,10H2,1H3,(H,18,20). The molecule has 4 heteroatoms. The van der Waals surface area contributed by atoms with E-state index in [1.807, 2.05) is 24.3 Å². The van der Waals surface area contributed by atoms with Gasteiger partial charge >= 0.3 is 0 Å². The van der Waals surface area contributed by atoms with Gasteiger partial charge in [-0.2, -0.15) is 0 Å². The van der Waals surface area contributed by atoms with Crippen molar-refractivity contribution in [1.82, 2.24) is 10.3 Å². The van der Waals surface area contributed by atoms with Crippen LogP contribution >= 0.6 is 11.6 Å². The zero-order chi connectivity index (χ0) is 14.2. The van der Waals surface area contributed by atoms with E-state index in [4.69, 9.17) is 11.6 Å². The molecule has 3 rings (SSSR count). The van der Waals surface area contributed by atoms with Gasteiger partial charge in [-0.25, -0.2) is 4.98 Å². The lowest BCUT2D eigenvalue weighted by Gasteiger charge is -2.14. The van der Waals surface area contributed by atoms with E-state index in [1.165, 1.54) is 12.8 Å². The number of aromatic nitrogens is 1. The van der Waals surface area contributed by atoms with Crippen molar-refractivity contribution in [2.75, 3.05) is 6.54 Å². The van der Waals surface area contributed by atoms with Gasteiger partial charge < -0.3 is 5.32 Å². The highest BCUT2D eigenvalue weighted by atomic mass is 35.5. The third-order valence-corrected chi connectivity index (χ3v) is 4.45. The maximum atomic E-state index is 12.4. The summed E-state index contributed by atoms with van der Waals surface area (Å²) >= 11 is 6.01. The number of benzene rings is 1. The van der Waals surface area contributed by atoms with Crippen LogP contribution in [0.15, 0.2) is 30.3 Å². The summed E-state index contributed by atoms with van der Waals surface area (Å²) in [5, 5.41) is 4.24. The number of amides is 1. The number of carbonyl (C=O) groups excluding carboxylic acids is 1. The molecule has 1 fully saturated rings. The Balaban J connectivity index is 1.87. The van der Waals surface area contributed by atoms with Crippen LogP contribution in [-0.2, 0) is 0 Å². The number of rotatable bonds is 4. The maximum Gasteiger partial charge on any atom is 0.252 e. The van der Waals surface area contributed by atoms with Crippen molar-refractivity contribution in [1.29, 1.82) is 0 Å². The van der Waals surface area contributed by atoms with Crippen molar-refractivity contribution in [2.45, 2.75) is 26.2 Å². The third kappa shape index (κ3) is 2.50. The second-order valence-electron chi connectivity index (χ2n) is 5.55. The predicted octanol–water partition coefficient (Wildman–Crippen LogP) is 3.81. The summed E-state index contributed by atoms with van der Waals surface area (Å²) in [6.07, 6.45) is 3.54. The molecule has 1 aliphatic carbocycles. The molecule has 0 unspecified atom stereocenters. The van der Waals surface area contributed by atoms with Gasteiger partial charge in [0.2, 0.25) is 0 Å². The van der Waals surface area contributed by atoms with Crippen molar-refractivity contribution in [3.63, 3.8) is 0 Å². The number of nitrogens with zero attached hydrogens (tertiary/aromatic N) is 1. The minimum atomic E-state index is -0.0646. The molecular weight excluding hydrogens is 272 g/mol. The van der Waals surface area contributed by atoms with Crippen LogP contribution in [0.1, 0.15) is 36.5 Å². The first-order valence-corrected chi connectivity index (χ1v) is 7.35. The largest absolute Gasteiger partial charge is 0.351 e. The van der Waals surface area contributed by atoms with Crippen LogP contribution in [0.3, 0.4) is 0 Å². The van der Waals surface area contributed by atoms with Crippen LogP contribution in [0.4, 0.5) is 0 Å². The van der Waals surface area contributed by atoms with E-state index in [0.29, 0.717) is 16.1 Å². The topological polar surface area (TPSA) is 42.0 Å². The third-order valence-electron chi connectivity index (χ3n) is 4.26. The number of hydrogen-bond donors (Lipinski definition) is 1. The Kier molecular flexibility index (Phi) is 3.38. The summed E-state index contributed by atoms with van der Waals surface area (Å²) in [7, 11) is 0. The van der Waals surface area contributed by atoms with Crippen molar-refractivity contribution in [2.24, 2.45) is 5.41 Å². The Hall–Kier alpha value is -1.61. The molecule has 1 aromatic heterocycles. The molecule has 20 heavy (non-hydrogen) atoms. The van der Waals surface area contributed by atoms with Crippen molar-refractivity contribution >= 4 is 28.4 Å². The van der Waals surface area contributed by atoms with Gasteiger partial charge in [-0.05, 0) is 36.8 Å². The molecule has 2 aromatic rings. The first-order chi connectivity index (χ1) is 9.63. The second kappa shape index (κ2) is 5.06. The van der Waals surface area contributed by atoms with E-state index in [-0.39, 0.29) is 5.91 Å². The highest BCUT2D eigenvalue weighted by molar-refractivity contribution is 6.30. The molecule has 1 aromatic carbocycles. The Labute approximate surface area is 123 Å². The Morgan fingerprint density at radius 1 is 1.40 bits per heavy atom. The van der Waals surface area contributed by atoms with Gasteiger partial charge in [0.25, 0.3) is 5.91 Å². The molecule has 0 saturated heterocycles. The number of halogens is 1. The summed E-state index contributed by atoms with van der Waals surface area (Å²) in [5.74, 6) is -0.0646. The SMILES string of the molecule is CCC1(CNC(=O)c2cc(Cl)nc3ccccc23)CC1. The molecule has 1 N–H and O–H groups in total. The average molecular weight is 289 g/mol. The first kappa shape index (κ1) is 13.4. The van der Waals surface area contributed by atoms with Crippen LogP contribution in [0.25, 0.3) is 10.9 Å². The number of carbonyl (C=O) groups is 1. The van der Waals surface area contributed by atoms with E-state index in [1.54, 1.807) is 6.07 Å². The normalized spacial score (nSPS) is 16.1. The molecular formula is C16H17ClN2O. The molecule has 1 aliphatic rings. The number of fused-ring (bicyclic) bond motifs is 1. The highest BCUT2D eigenvalue weighted by Crippen LogP contribution is 2.47. The number of hydrogen-bond acceptors (Lipinski definition) is 2.